The maximum absolute atomic E-state index is 12.4. The number of nitrogens with zero attached hydrogens (tertiary/aromatic N) is 1. The largest absolute Gasteiger partial charge is 0.389 e. The standard InChI is InChI=1S/C22H20N2O3/c1-16(23)20(22(27)15-25)13-21(26)19-10-8-17(9-11-19)5-2-3-6-18-7-4-12-24-14-18/h4,7-12,14,16,20,25H,13,15,23H2,1H3/t16-,20+/m1/s1. The van der Waals surface area contributed by atoms with Crippen LogP contribution in [-0.2, 0) is 4.79 Å². The number of benzene rings is 1. The maximum Gasteiger partial charge on any atom is 0.163 e. The number of carbonyl (C=O) groups excluding carboxylic acids is 2. The van der Waals surface area contributed by atoms with Gasteiger partial charge in [-0.05, 0) is 43.0 Å². The Labute approximate surface area is 158 Å². The normalized spacial score (nSPS) is 12.0. The lowest BCUT2D eigenvalue weighted by molar-refractivity contribution is -0.126. The van der Waals surface area contributed by atoms with Crippen molar-refractivity contribution in [2.75, 3.05) is 6.61 Å². The molecule has 0 aliphatic heterocycles. The Balaban J connectivity index is 2.03. The molecule has 0 aliphatic rings. The maximum atomic E-state index is 12.4. The SMILES string of the molecule is C[C@@H](N)[C@H](CC(=O)c1ccc(C#CC#Cc2cccnc2)cc1)C(=O)CO. The lowest BCUT2D eigenvalue weighted by Gasteiger charge is -2.17. The number of carbonyl (C=O) groups is 2. The van der Waals surface area contributed by atoms with Crippen LogP contribution in [0.4, 0.5) is 0 Å². The van der Waals surface area contributed by atoms with E-state index in [0.29, 0.717) is 5.56 Å². The van der Waals surface area contributed by atoms with Gasteiger partial charge in [-0.25, -0.2) is 0 Å². The summed E-state index contributed by atoms with van der Waals surface area (Å²) in [6, 6.07) is 9.90. The number of aromatic nitrogens is 1. The first-order valence-electron chi connectivity index (χ1n) is 8.45. The molecule has 3 N–H and O–H groups in total. The van der Waals surface area contributed by atoms with Gasteiger partial charge in [0.25, 0.3) is 0 Å². The van der Waals surface area contributed by atoms with Crippen LogP contribution in [-0.4, -0.2) is 34.3 Å². The Morgan fingerprint density at radius 3 is 2.33 bits per heavy atom. The monoisotopic (exact) mass is 360 g/mol. The molecule has 27 heavy (non-hydrogen) atoms. The van der Waals surface area contributed by atoms with Crippen molar-refractivity contribution in [3.8, 4) is 23.7 Å². The molecule has 1 aromatic carbocycles. The third kappa shape index (κ3) is 6.20. The average molecular weight is 360 g/mol. The van der Waals surface area contributed by atoms with Gasteiger partial charge in [-0.3, -0.25) is 14.6 Å². The van der Waals surface area contributed by atoms with E-state index >= 15 is 0 Å². The Bertz CT molecular complexity index is 911. The molecule has 2 rings (SSSR count). The van der Waals surface area contributed by atoms with Gasteiger partial charge in [0.15, 0.2) is 11.6 Å². The minimum atomic E-state index is -0.690. The summed E-state index contributed by atoms with van der Waals surface area (Å²) >= 11 is 0. The molecular weight excluding hydrogens is 340 g/mol. The van der Waals surface area contributed by atoms with Crippen molar-refractivity contribution < 1.29 is 14.7 Å². The van der Waals surface area contributed by atoms with Crippen LogP contribution in [0.2, 0.25) is 0 Å². The van der Waals surface area contributed by atoms with Crippen LogP contribution in [0, 0.1) is 29.6 Å². The highest BCUT2D eigenvalue weighted by Gasteiger charge is 2.25. The molecule has 5 heteroatoms. The number of nitrogens with two attached hydrogens (primary N) is 1. The Morgan fingerprint density at radius 1 is 1.11 bits per heavy atom. The predicted molar refractivity (Wildman–Crippen MR) is 103 cm³/mol. The average Bonchev–Trinajstić information content (AvgIpc) is 2.69. The second-order valence-corrected chi connectivity index (χ2v) is 6.04. The van der Waals surface area contributed by atoms with Gasteiger partial charge in [-0.1, -0.05) is 24.0 Å². The number of aliphatic hydroxyl groups is 1. The third-order valence-electron chi connectivity index (χ3n) is 3.95. The summed E-state index contributed by atoms with van der Waals surface area (Å²) in [5, 5.41) is 9.00. The van der Waals surface area contributed by atoms with Crippen molar-refractivity contribution in [1.82, 2.24) is 4.98 Å². The topological polar surface area (TPSA) is 93.3 Å². The lowest BCUT2D eigenvalue weighted by atomic mass is 9.89. The van der Waals surface area contributed by atoms with Crippen LogP contribution in [0.25, 0.3) is 0 Å². The van der Waals surface area contributed by atoms with Gasteiger partial charge in [0.05, 0.1) is 0 Å². The van der Waals surface area contributed by atoms with Crippen molar-refractivity contribution in [2.45, 2.75) is 19.4 Å². The molecule has 0 radical (unpaired) electrons. The number of Topliss-reactive ketones (excluding diaryl/α,β-unsaturated/α-hetero) is 2. The van der Waals surface area contributed by atoms with E-state index in [1.807, 2.05) is 6.07 Å². The fourth-order valence-electron chi connectivity index (χ4n) is 2.41. The molecule has 0 saturated heterocycles. The fraction of sp³-hybridized carbons (Fsp3) is 0.227. The first-order valence-corrected chi connectivity index (χ1v) is 8.45. The Morgan fingerprint density at radius 2 is 1.78 bits per heavy atom. The zero-order valence-electron chi connectivity index (χ0n) is 15.0. The summed E-state index contributed by atoms with van der Waals surface area (Å²) in [5.41, 5.74) is 7.74. The number of ketones is 2. The number of pyridine rings is 1. The summed E-state index contributed by atoms with van der Waals surface area (Å²) in [7, 11) is 0. The van der Waals surface area contributed by atoms with E-state index in [1.54, 1.807) is 49.6 Å². The highest BCUT2D eigenvalue weighted by Crippen LogP contribution is 2.15. The quantitative estimate of drug-likeness (QED) is 0.603. The van der Waals surface area contributed by atoms with Crippen molar-refractivity contribution in [1.29, 1.82) is 0 Å². The first-order chi connectivity index (χ1) is 13.0. The van der Waals surface area contributed by atoms with Crippen molar-refractivity contribution in [3.63, 3.8) is 0 Å². The number of aliphatic hydroxyl groups excluding tert-OH is 1. The van der Waals surface area contributed by atoms with Crippen LogP contribution in [0.3, 0.4) is 0 Å². The van der Waals surface area contributed by atoms with Gasteiger partial charge in [0.2, 0.25) is 0 Å². The second kappa shape index (κ2) is 10.0. The van der Waals surface area contributed by atoms with E-state index in [2.05, 4.69) is 28.7 Å². The van der Waals surface area contributed by atoms with E-state index in [9.17, 15) is 9.59 Å². The Hall–Kier alpha value is -3.25. The molecule has 0 bridgehead atoms. The van der Waals surface area contributed by atoms with Crippen molar-refractivity contribution >= 4 is 11.6 Å². The van der Waals surface area contributed by atoms with Crippen molar-refractivity contribution in [2.24, 2.45) is 11.7 Å². The van der Waals surface area contributed by atoms with Crippen LogP contribution < -0.4 is 5.73 Å². The lowest BCUT2D eigenvalue weighted by Crippen LogP contribution is -2.36. The Kier molecular flexibility index (Phi) is 7.46. The molecule has 0 aliphatic carbocycles. The van der Waals surface area contributed by atoms with Crippen LogP contribution in [0.15, 0.2) is 48.8 Å². The number of rotatable bonds is 6. The molecule has 0 fully saturated rings. The number of hydrogen-bond donors (Lipinski definition) is 2. The summed E-state index contributed by atoms with van der Waals surface area (Å²) < 4.78 is 0. The smallest absolute Gasteiger partial charge is 0.163 e. The molecule has 0 saturated carbocycles. The van der Waals surface area contributed by atoms with Crippen LogP contribution in [0.1, 0.15) is 34.8 Å². The van der Waals surface area contributed by atoms with Crippen molar-refractivity contribution in [3.05, 3.63) is 65.5 Å². The molecule has 2 aromatic rings. The van der Waals surface area contributed by atoms with E-state index in [4.69, 9.17) is 10.8 Å². The summed E-state index contributed by atoms with van der Waals surface area (Å²) in [4.78, 5) is 28.0. The summed E-state index contributed by atoms with van der Waals surface area (Å²) in [6.07, 6.45) is 3.31. The van der Waals surface area contributed by atoms with Gasteiger partial charge < -0.3 is 10.8 Å². The highest BCUT2D eigenvalue weighted by atomic mass is 16.3. The minimum absolute atomic E-state index is 0.0291. The molecule has 1 aromatic heterocycles. The van der Waals surface area contributed by atoms with E-state index in [1.165, 1.54) is 0 Å². The predicted octanol–water partition coefficient (Wildman–Crippen LogP) is 1.58. The molecule has 5 nitrogen and oxygen atoms in total. The molecule has 0 unspecified atom stereocenters. The van der Waals surface area contributed by atoms with Gasteiger partial charge in [0, 0.05) is 47.5 Å². The molecule has 1 heterocycles. The summed E-state index contributed by atoms with van der Waals surface area (Å²) in [6.45, 7) is 1.03. The molecule has 2 atom stereocenters. The van der Waals surface area contributed by atoms with Gasteiger partial charge in [-0.2, -0.15) is 0 Å². The fourth-order valence-corrected chi connectivity index (χ4v) is 2.41. The van der Waals surface area contributed by atoms with Gasteiger partial charge >= 0.3 is 0 Å². The van der Waals surface area contributed by atoms with E-state index < -0.39 is 24.3 Å². The van der Waals surface area contributed by atoms with E-state index in [-0.39, 0.29) is 12.2 Å². The third-order valence-corrected chi connectivity index (χ3v) is 3.95. The van der Waals surface area contributed by atoms with Crippen LogP contribution >= 0.6 is 0 Å². The zero-order valence-corrected chi connectivity index (χ0v) is 15.0. The van der Waals surface area contributed by atoms with Gasteiger partial charge in [-0.15, -0.1) is 0 Å². The molecule has 0 spiro atoms. The van der Waals surface area contributed by atoms with Gasteiger partial charge in [0.1, 0.15) is 6.61 Å². The second-order valence-electron chi connectivity index (χ2n) is 6.04. The zero-order chi connectivity index (χ0) is 19.6. The molecular formula is C22H20N2O3. The molecule has 136 valence electrons. The number of hydrogen-bond acceptors (Lipinski definition) is 5. The van der Waals surface area contributed by atoms with E-state index in [0.717, 1.165) is 11.1 Å². The molecule has 0 amide bonds. The minimum Gasteiger partial charge on any atom is -0.389 e. The highest BCUT2D eigenvalue weighted by molar-refractivity contribution is 5.99. The first kappa shape index (κ1) is 20.1. The summed E-state index contributed by atoms with van der Waals surface area (Å²) in [5.74, 6) is 9.99. The van der Waals surface area contributed by atoms with Crippen LogP contribution in [0.5, 0.6) is 0 Å².